The number of nitrogens with one attached hydrogen (secondary N) is 2. The van der Waals surface area contributed by atoms with Crippen molar-refractivity contribution in [3.05, 3.63) is 77.9 Å². The van der Waals surface area contributed by atoms with Gasteiger partial charge in [0.1, 0.15) is 5.75 Å². The molecule has 0 heterocycles. The molecular formula is C24H24N2O5. The van der Waals surface area contributed by atoms with Gasteiger partial charge in [-0.3, -0.25) is 9.59 Å². The Hall–Kier alpha value is -4.00. The van der Waals surface area contributed by atoms with Gasteiger partial charge in [0.2, 0.25) is 0 Å². The molecule has 0 radical (unpaired) electrons. The summed E-state index contributed by atoms with van der Waals surface area (Å²) in [5.74, 6) is 1.06. The Morgan fingerprint density at radius 2 is 1.39 bits per heavy atom. The maximum Gasteiger partial charge on any atom is 0.255 e. The van der Waals surface area contributed by atoms with Crippen molar-refractivity contribution < 1.29 is 23.8 Å². The molecule has 0 aromatic heterocycles. The minimum atomic E-state index is -0.299. The third-order valence-electron chi connectivity index (χ3n) is 4.49. The first-order chi connectivity index (χ1) is 15.0. The number of hydrogen-bond donors (Lipinski definition) is 2. The maximum absolute atomic E-state index is 12.6. The van der Waals surface area contributed by atoms with E-state index in [0.717, 1.165) is 0 Å². The molecular weight excluding hydrogens is 396 g/mol. The van der Waals surface area contributed by atoms with Gasteiger partial charge in [-0.15, -0.1) is 0 Å². The third-order valence-corrected chi connectivity index (χ3v) is 4.49. The van der Waals surface area contributed by atoms with Crippen LogP contribution >= 0.6 is 0 Å². The van der Waals surface area contributed by atoms with Gasteiger partial charge >= 0.3 is 0 Å². The molecule has 7 nitrogen and oxygen atoms in total. The molecule has 0 aliphatic rings. The summed E-state index contributed by atoms with van der Waals surface area (Å²) in [7, 11) is 3.07. The third kappa shape index (κ3) is 5.33. The topological polar surface area (TPSA) is 85.9 Å². The molecule has 160 valence electrons. The lowest BCUT2D eigenvalue weighted by Crippen LogP contribution is -2.14. The first-order valence-electron chi connectivity index (χ1n) is 9.72. The second-order valence-electron chi connectivity index (χ2n) is 6.48. The highest BCUT2D eigenvalue weighted by atomic mass is 16.5. The number of methoxy groups -OCH3 is 2. The normalized spacial score (nSPS) is 10.2. The van der Waals surface area contributed by atoms with Crippen LogP contribution in [0.25, 0.3) is 0 Å². The van der Waals surface area contributed by atoms with E-state index < -0.39 is 0 Å². The van der Waals surface area contributed by atoms with Crippen LogP contribution in [-0.2, 0) is 0 Å². The first kappa shape index (κ1) is 21.7. The van der Waals surface area contributed by atoms with E-state index in [9.17, 15) is 9.59 Å². The first-order valence-corrected chi connectivity index (χ1v) is 9.72. The Kier molecular flexibility index (Phi) is 7.11. The monoisotopic (exact) mass is 420 g/mol. The van der Waals surface area contributed by atoms with Crippen molar-refractivity contribution in [3.63, 3.8) is 0 Å². The molecule has 0 unspecified atom stereocenters. The largest absolute Gasteiger partial charge is 0.495 e. The molecule has 2 amide bonds. The zero-order valence-corrected chi connectivity index (χ0v) is 17.6. The Balaban J connectivity index is 1.67. The summed E-state index contributed by atoms with van der Waals surface area (Å²) in [6.45, 7) is 2.37. The van der Waals surface area contributed by atoms with Crippen molar-refractivity contribution >= 4 is 23.2 Å². The number of carbonyl (C=O) groups is 2. The van der Waals surface area contributed by atoms with Gasteiger partial charge in [-0.1, -0.05) is 12.1 Å². The highest BCUT2D eigenvalue weighted by Gasteiger charge is 2.13. The summed E-state index contributed by atoms with van der Waals surface area (Å²) >= 11 is 0. The van der Waals surface area contributed by atoms with Crippen molar-refractivity contribution in [1.82, 2.24) is 0 Å². The van der Waals surface area contributed by atoms with Crippen LogP contribution in [0.4, 0.5) is 11.4 Å². The Bertz CT molecular complexity index is 1060. The van der Waals surface area contributed by atoms with Crippen LogP contribution in [0.1, 0.15) is 27.6 Å². The van der Waals surface area contributed by atoms with Crippen molar-refractivity contribution in [2.45, 2.75) is 6.92 Å². The zero-order valence-electron chi connectivity index (χ0n) is 17.6. The van der Waals surface area contributed by atoms with E-state index in [-0.39, 0.29) is 11.8 Å². The summed E-state index contributed by atoms with van der Waals surface area (Å²) in [6.07, 6.45) is 0. The van der Waals surface area contributed by atoms with Crippen LogP contribution in [0.2, 0.25) is 0 Å². The van der Waals surface area contributed by atoms with Gasteiger partial charge < -0.3 is 24.8 Å². The average molecular weight is 420 g/mol. The Morgan fingerprint density at radius 1 is 0.742 bits per heavy atom. The summed E-state index contributed by atoms with van der Waals surface area (Å²) in [4.78, 5) is 25.1. The lowest BCUT2D eigenvalue weighted by atomic mass is 10.1. The van der Waals surface area contributed by atoms with E-state index in [0.29, 0.717) is 46.4 Å². The summed E-state index contributed by atoms with van der Waals surface area (Å²) in [6, 6.07) is 18.8. The summed E-state index contributed by atoms with van der Waals surface area (Å²) < 4.78 is 16.0. The lowest BCUT2D eigenvalue weighted by Gasteiger charge is -2.12. The molecule has 3 aromatic rings. The van der Waals surface area contributed by atoms with E-state index in [1.54, 1.807) is 61.7 Å². The molecule has 0 bridgehead atoms. The number of ether oxygens (including phenoxy) is 3. The van der Waals surface area contributed by atoms with Crippen molar-refractivity contribution in [3.8, 4) is 17.2 Å². The molecule has 0 aliphatic heterocycles. The number of para-hydroxylation sites is 2. The number of carbonyl (C=O) groups excluding carboxylic acids is 2. The molecule has 3 aromatic carbocycles. The van der Waals surface area contributed by atoms with Gasteiger partial charge in [-0.25, -0.2) is 0 Å². The molecule has 0 aliphatic carbocycles. The fourth-order valence-corrected chi connectivity index (χ4v) is 2.93. The Morgan fingerprint density at radius 3 is 2.06 bits per heavy atom. The molecule has 3 rings (SSSR count). The van der Waals surface area contributed by atoms with Gasteiger partial charge in [0.15, 0.2) is 11.5 Å². The van der Waals surface area contributed by atoms with Gasteiger partial charge in [-0.2, -0.15) is 0 Å². The fourth-order valence-electron chi connectivity index (χ4n) is 2.93. The second-order valence-corrected chi connectivity index (χ2v) is 6.48. The lowest BCUT2D eigenvalue weighted by molar-refractivity contribution is 0.101. The van der Waals surface area contributed by atoms with E-state index in [1.807, 2.05) is 19.1 Å². The predicted molar refractivity (Wildman–Crippen MR) is 120 cm³/mol. The number of benzene rings is 3. The molecule has 7 heteroatoms. The summed E-state index contributed by atoms with van der Waals surface area (Å²) in [5, 5.41) is 5.62. The quantitative estimate of drug-likeness (QED) is 0.556. The molecule has 2 N–H and O–H groups in total. The van der Waals surface area contributed by atoms with Crippen molar-refractivity contribution in [2.24, 2.45) is 0 Å². The van der Waals surface area contributed by atoms with Crippen LogP contribution in [0.15, 0.2) is 66.7 Å². The van der Waals surface area contributed by atoms with E-state index >= 15 is 0 Å². The summed E-state index contributed by atoms with van der Waals surface area (Å²) in [5.41, 5.74) is 2.02. The average Bonchev–Trinajstić information content (AvgIpc) is 2.80. The maximum atomic E-state index is 12.6. The number of anilines is 2. The van der Waals surface area contributed by atoms with Gasteiger partial charge in [-0.05, 0) is 61.5 Å². The van der Waals surface area contributed by atoms with Crippen LogP contribution in [0.3, 0.4) is 0 Å². The molecule has 0 saturated heterocycles. The van der Waals surface area contributed by atoms with E-state index in [1.165, 1.54) is 7.11 Å². The SMILES string of the molecule is CCOc1ccc(C(=O)Nc2ccc(C(=O)Nc3ccccc3OC)cc2)cc1OC. The Labute approximate surface area is 180 Å². The van der Waals surface area contributed by atoms with Crippen molar-refractivity contribution in [1.29, 1.82) is 0 Å². The van der Waals surface area contributed by atoms with Crippen LogP contribution in [-0.4, -0.2) is 32.6 Å². The molecule has 31 heavy (non-hydrogen) atoms. The van der Waals surface area contributed by atoms with Crippen molar-refractivity contribution in [2.75, 3.05) is 31.5 Å². The van der Waals surface area contributed by atoms with E-state index in [2.05, 4.69) is 10.6 Å². The molecule has 0 fully saturated rings. The highest BCUT2D eigenvalue weighted by Crippen LogP contribution is 2.28. The smallest absolute Gasteiger partial charge is 0.255 e. The predicted octanol–water partition coefficient (Wildman–Crippen LogP) is 4.61. The minimum Gasteiger partial charge on any atom is -0.495 e. The number of hydrogen-bond acceptors (Lipinski definition) is 5. The van der Waals surface area contributed by atoms with Gasteiger partial charge in [0.05, 0.1) is 26.5 Å². The van der Waals surface area contributed by atoms with Gasteiger partial charge in [0.25, 0.3) is 11.8 Å². The van der Waals surface area contributed by atoms with E-state index in [4.69, 9.17) is 14.2 Å². The van der Waals surface area contributed by atoms with Gasteiger partial charge in [0, 0.05) is 16.8 Å². The van der Waals surface area contributed by atoms with Crippen LogP contribution in [0, 0.1) is 0 Å². The second kappa shape index (κ2) is 10.2. The van der Waals surface area contributed by atoms with Crippen LogP contribution in [0.5, 0.6) is 17.2 Å². The minimum absolute atomic E-state index is 0.279. The zero-order chi connectivity index (χ0) is 22.2. The highest BCUT2D eigenvalue weighted by molar-refractivity contribution is 6.07. The number of rotatable bonds is 8. The molecule has 0 spiro atoms. The molecule has 0 saturated carbocycles. The fraction of sp³-hybridized carbons (Fsp3) is 0.167. The molecule has 0 atom stereocenters. The standard InChI is InChI=1S/C24H24N2O5/c1-4-31-21-14-11-17(15-22(21)30-3)24(28)25-18-12-9-16(10-13-18)23(27)26-19-7-5-6-8-20(19)29-2/h5-15H,4H2,1-3H3,(H,25,28)(H,26,27). The van der Waals surface area contributed by atoms with Crippen LogP contribution < -0.4 is 24.8 Å². The number of amides is 2.